The number of hydrogen-bond acceptors (Lipinski definition) is 8. The molecule has 0 atom stereocenters. The number of nitrogens with zero attached hydrogens (tertiary/aromatic N) is 2. The number of carbonyl (C=O) groups excluding carboxylic acids is 1. The van der Waals surface area contributed by atoms with Crippen molar-refractivity contribution in [2.45, 2.75) is 19.9 Å². The molecule has 0 fully saturated rings. The number of nitrogens with one attached hydrogen (secondary N) is 1. The van der Waals surface area contributed by atoms with E-state index in [0.29, 0.717) is 13.1 Å². The van der Waals surface area contributed by atoms with Crippen molar-refractivity contribution >= 4 is 45.1 Å². The van der Waals surface area contributed by atoms with Crippen molar-refractivity contribution in [2.24, 2.45) is 0 Å². The number of methoxy groups -OCH3 is 2. The summed E-state index contributed by atoms with van der Waals surface area (Å²) in [5, 5.41) is 18.8. The van der Waals surface area contributed by atoms with Gasteiger partial charge in [-0.1, -0.05) is 6.07 Å². The first kappa shape index (κ1) is 28.5. The first-order chi connectivity index (χ1) is 19.2. The van der Waals surface area contributed by atoms with Gasteiger partial charge < -0.3 is 25.0 Å². The summed E-state index contributed by atoms with van der Waals surface area (Å²) in [5.41, 5.74) is 6.50. The number of hydrogen-bond donors (Lipinski definition) is 3. The topological polar surface area (TPSA) is 138 Å². The van der Waals surface area contributed by atoms with Crippen molar-refractivity contribution in [2.75, 3.05) is 32.6 Å². The minimum Gasteiger partial charge on any atom is -0.493 e. The highest BCUT2D eigenvalue weighted by molar-refractivity contribution is 7.21. The molecule has 1 aliphatic rings. The standard InChI is InChI=1S/C27H27N3O3S.C2H2O4/c1-17-4-9-22-25(12-17)34-27(29-22)18-5-7-21(8-6-18)28-26(31)16-30-11-10-19-13-23(32-2)24(33-3)14-20(19)15-30;3-1(4)2(5)6/h4-9,12-14H,10-11,15-16H2,1-3H3,(H,28,31);(H,3,4)(H,5,6). The highest BCUT2D eigenvalue weighted by atomic mass is 32.1. The Morgan fingerprint density at radius 2 is 1.60 bits per heavy atom. The molecule has 0 saturated carbocycles. The van der Waals surface area contributed by atoms with E-state index < -0.39 is 11.9 Å². The van der Waals surface area contributed by atoms with Crippen LogP contribution in [0.1, 0.15) is 16.7 Å². The second-order valence-corrected chi connectivity index (χ2v) is 10.2. The van der Waals surface area contributed by atoms with Gasteiger partial charge in [-0.2, -0.15) is 0 Å². The van der Waals surface area contributed by atoms with Crippen LogP contribution in [0, 0.1) is 6.92 Å². The summed E-state index contributed by atoms with van der Waals surface area (Å²) < 4.78 is 12.0. The first-order valence-electron chi connectivity index (χ1n) is 12.4. The highest BCUT2D eigenvalue weighted by Crippen LogP contribution is 2.33. The molecule has 10 nitrogen and oxygen atoms in total. The normalized spacial score (nSPS) is 12.6. The Labute approximate surface area is 234 Å². The second kappa shape index (κ2) is 12.6. The summed E-state index contributed by atoms with van der Waals surface area (Å²) >= 11 is 1.68. The number of carboxylic acids is 2. The molecule has 5 rings (SSSR count). The van der Waals surface area contributed by atoms with E-state index in [0.717, 1.165) is 46.2 Å². The van der Waals surface area contributed by atoms with Gasteiger partial charge in [0.1, 0.15) is 5.01 Å². The lowest BCUT2D eigenvalue weighted by molar-refractivity contribution is -0.159. The van der Waals surface area contributed by atoms with Crippen molar-refractivity contribution in [3.8, 4) is 22.1 Å². The lowest BCUT2D eigenvalue weighted by Gasteiger charge is -2.29. The second-order valence-electron chi connectivity index (χ2n) is 9.16. The number of benzene rings is 3. The predicted octanol–water partition coefficient (Wildman–Crippen LogP) is 4.44. The Bertz CT molecular complexity index is 1540. The number of amides is 1. The molecule has 11 heteroatoms. The molecule has 2 heterocycles. The van der Waals surface area contributed by atoms with Gasteiger partial charge in [0.2, 0.25) is 5.91 Å². The molecule has 0 aliphatic carbocycles. The zero-order valence-electron chi connectivity index (χ0n) is 22.3. The van der Waals surface area contributed by atoms with Crippen LogP contribution in [0.15, 0.2) is 54.6 Å². The van der Waals surface area contributed by atoms with Crippen LogP contribution in [0.5, 0.6) is 11.5 Å². The Morgan fingerprint density at radius 1 is 0.950 bits per heavy atom. The minimum atomic E-state index is -1.82. The maximum absolute atomic E-state index is 12.7. The molecule has 40 heavy (non-hydrogen) atoms. The third-order valence-corrected chi connectivity index (χ3v) is 7.37. The highest BCUT2D eigenvalue weighted by Gasteiger charge is 2.21. The zero-order chi connectivity index (χ0) is 28.8. The molecule has 4 aromatic rings. The SMILES string of the molecule is COc1cc2c(cc1OC)CN(CC(=O)Nc1ccc(-c3nc4ccc(C)cc4s3)cc1)CC2.O=C(O)C(=O)O. The number of aryl methyl sites for hydroxylation is 1. The fourth-order valence-electron chi connectivity index (χ4n) is 4.33. The monoisotopic (exact) mass is 563 g/mol. The molecular weight excluding hydrogens is 534 g/mol. The molecule has 0 saturated heterocycles. The first-order valence-corrected chi connectivity index (χ1v) is 13.2. The van der Waals surface area contributed by atoms with E-state index in [1.165, 1.54) is 21.4 Å². The number of rotatable bonds is 6. The third-order valence-electron chi connectivity index (χ3n) is 6.31. The molecule has 0 unspecified atom stereocenters. The molecule has 1 aromatic heterocycles. The van der Waals surface area contributed by atoms with Gasteiger partial charge in [-0.3, -0.25) is 9.69 Å². The molecular formula is C29H29N3O7S. The molecule has 0 radical (unpaired) electrons. The lowest BCUT2D eigenvalue weighted by Crippen LogP contribution is -2.37. The quantitative estimate of drug-likeness (QED) is 0.291. The average molecular weight is 564 g/mol. The molecule has 0 bridgehead atoms. The van der Waals surface area contributed by atoms with E-state index in [1.807, 2.05) is 36.4 Å². The van der Waals surface area contributed by atoms with Crippen molar-refractivity contribution in [3.63, 3.8) is 0 Å². The molecule has 1 aliphatic heterocycles. The van der Waals surface area contributed by atoms with Crippen LogP contribution >= 0.6 is 11.3 Å². The summed E-state index contributed by atoms with van der Waals surface area (Å²) in [7, 11) is 3.29. The van der Waals surface area contributed by atoms with E-state index in [4.69, 9.17) is 34.3 Å². The van der Waals surface area contributed by atoms with Crippen molar-refractivity contribution in [1.82, 2.24) is 9.88 Å². The van der Waals surface area contributed by atoms with Gasteiger partial charge in [-0.15, -0.1) is 11.3 Å². The zero-order valence-corrected chi connectivity index (χ0v) is 23.1. The summed E-state index contributed by atoms with van der Waals surface area (Å²) in [5.74, 6) is -2.20. The van der Waals surface area contributed by atoms with Crippen LogP contribution in [0.2, 0.25) is 0 Å². The Kier molecular flexibility index (Phi) is 8.97. The molecule has 3 aromatic carbocycles. The van der Waals surface area contributed by atoms with Crippen LogP contribution in [0.4, 0.5) is 5.69 Å². The van der Waals surface area contributed by atoms with Crippen LogP contribution in [-0.2, 0) is 27.3 Å². The number of carboxylic acid groups (broad SMARTS) is 2. The van der Waals surface area contributed by atoms with E-state index in [1.54, 1.807) is 25.6 Å². The summed E-state index contributed by atoms with van der Waals surface area (Å²) in [6.45, 7) is 3.96. The average Bonchev–Trinajstić information content (AvgIpc) is 3.36. The van der Waals surface area contributed by atoms with E-state index in [-0.39, 0.29) is 5.91 Å². The van der Waals surface area contributed by atoms with Crippen molar-refractivity contribution in [1.29, 1.82) is 0 Å². The van der Waals surface area contributed by atoms with Crippen LogP contribution < -0.4 is 14.8 Å². The van der Waals surface area contributed by atoms with Gasteiger partial charge in [0.05, 0.1) is 31.0 Å². The largest absolute Gasteiger partial charge is 0.493 e. The van der Waals surface area contributed by atoms with Gasteiger partial charge in [0.25, 0.3) is 0 Å². The summed E-state index contributed by atoms with van der Waals surface area (Å²) in [6, 6.07) is 18.3. The fraction of sp³-hybridized carbons (Fsp3) is 0.241. The maximum Gasteiger partial charge on any atom is 0.414 e. The number of fused-ring (bicyclic) bond motifs is 2. The van der Waals surface area contributed by atoms with Gasteiger partial charge in [0.15, 0.2) is 11.5 Å². The number of thiazole rings is 1. The Hall–Kier alpha value is -4.48. The molecule has 1 amide bonds. The van der Waals surface area contributed by atoms with E-state index in [2.05, 4.69) is 35.3 Å². The van der Waals surface area contributed by atoms with E-state index >= 15 is 0 Å². The molecule has 0 spiro atoms. The number of aliphatic carboxylic acids is 2. The predicted molar refractivity (Wildman–Crippen MR) is 152 cm³/mol. The maximum atomic E-state index is 12.7. The summed E-state index contributed by atoms with van der Waals surface area (Å²) in [6.07, 6.45) is 0.874. The van der Waals surface area contributed by atoms with Crippen LogP contribution in [-0.4, -0.2) is 65.3 Å². The molecule has 3 N–H and O–H groups in total. The van der Waals surface area contributed by atoms with Crippen LogP contribution in [0.3, 0.4) is 0 Å². The van der Waals surface area contributed by atoms with Crippen LogP contribution in [0.25, 0.3) is 20.8 Å². The van der Waals surface area contributed by atoms with Gasteiger partial charge >= 0.3 is 11.9 Å². The summed E-state index contributed by atoms with van der Waals surface area (Å²) in [4.78, 5) is 37.8. The number of aromatic nitrogens is 1. The third kappa shape index (κ3) is 6.93. The molecule has 208 valence electrons. The van der Waals surface area contributed by atoms with Crippen molar-refractivity contribution in [3.05, 3.63) is 71.3 Å². The Balaban J connectivity index is 0.000000557. The Morgan fingerprint density at radius 3 is 2.23 bits per heavy atom. The fourth-order valence-corrected chi connectivity index (χ4v) is 5.40. The number of carbonyl (C=O) groups is 3. The van der Waals surface area contributed by atoms with Gasteiger partial charge in [-0.25, -0.2) is 14.6 Å². The van der Waals surface area contributed by atoms with Crippen molar-refractivity contribution < 1.29 is 34.1 Å². The van der Waals surface area contributed by atoms with Gasteiger partial charge in [-0.05, 0) is 78.6 Å². The smallest absolute Gasteiger partial charge is 0.414 e. The van der Waals surface area contributed by atoms with Gasteiger partial charge in [0, 0.05) is 24.3 Å². The lowest BCUT2D eigenvalue weighted by atomic mass is 9.99. The number of ether oxygens (including phenoxy) is 2. The van der Waals surface area contributed by atoms with E-state index in [9.17, 15) is 4.79 Å². The number of anilines is 1. The minimum absolute atomic E-state index is 0.0212.